The van der Waals surface area contributed by atoms with Crippen LogP contribution in [0.5, 0.6) is 0 Å². The number of allylic oxidation sites excluding steroid dienone is 5. The molecule has 0 saturated heterocycles. The third-order valence-electron chi connectivity index (χ3n) is 1.72. The van der Waals surface area contributed by atoms with Crippen LogP contribution in [-0.2, 0) is 0 Å². The Balaban J connectivity index is 3.26. The van der Waals surface area contributed by atoms with Crippen molar-refractivity contribution in [2.75, 3.05) is 0 Å². The zero-order valence-electron chi connectivity index (χ0n) is 9.13. The van der Waals surface area contributed by atoms with E-state index in [1.807, 2.05) is 0 Å². The Kier molecular flexibility index (Phi) is 10.8. The zero-order valence-corrected chi connectivity index (χ0v) is 9.13. The molecule has 0 radical (unpaired) electrons. The Morgan fingerprint density at radius 2 is 1.93 bits per heavy atom. The minimum absolute atomic E-state index is 0.973. The van der Waals surface area contributed by atoms with E-state index >= 15 is 0 Å². The third kappa shape index (κ3) is 10.8. The van der Waals surface area contributed by atoms with Crippen LogP contribution in [0.25, 0.3) is 0 Å². The van der Waals surface area contributed by atoms with Crippen LogP contribution in [0.3, 0.4) is 0 Å². The lowest BCUT2D eigenvalue weighted by Crippen LogP contribution is -1.69. The van der Waals surface area contributed by atoms with E-state index in [1.54, 1.807) is 6.08 Å². The van der Waals surface area contributed by atoms with Crippen LogP contribution in [0.15, 0.2) is 37.0 Å². The predicted octanol–water partition coefficient (Wildman–Crippen LogP) is 4.26. The molecule has 0 fully saturated rings. The first-order valence-electron chi connectivity index (χ1n) is 5.31. The van der Waals surface area contributed by atoms with Gasteiger partial charge in [0.15, 0.2) is 0 Å². The zero-order chi connectivity index (χ0) is 10.5. The van der Waals surface area contributed by atoms with Crippen LogP contribution >= 0.6 is 0 Å². The van der Waals surface area contributed by atoms with E-state index in [-0.39, 0.29) is 0 Å². The second kappa shape index (κ2) is 11.8. The second-order valence-corrected chi connectivity index (χ2v) is 3.00. The fourth-order valence-electron chi connectivity index (χ4n) is 1.01. The summed E-state index contributed by atoms with van der Waals surface area (Å²) < 4.78 is 0. The normalized spacial score (nSPS) is 10.4. The molecule has 0 nitrogen and oxygen atoms in total. The molecule has 0 aromatic carbocycles. The van der Waals surface area contributed by atoms with E-state index < -0.39 is 0 Å². The van der Waals surface area contributed by atoms with Gasteiger partial charge < -0.3 is 0 Å². The Morgan fingerprint density at radius 3 is 2.64 bits per heavy atom. The van der Waals surface area contributed by atoms with Gasteiger partial charge in [-0.25, -0.2) is 0 Å². The number of hydrogen-bond acceptors (Lipinski definition) is 0. The summed E-state index contributed by atoms with van der Waals surface area (Å²) in [5.41, 5.74) is 0. The summed E-state index contributed by atoms with van der Waals surface area (Å²) in [6.45, 7) is 5.69. The van der Waals surface area contributed by atoms with Crippen LogP contribution in [0.1, 0.15) is 39.0 Å². The molecular weight excluding hydrogens is 168 g/mol. The average Bonchev–Trinajstić information content (AvgIpc) is 2.21. The Morgan fingerprint density at radius 1 is 1.14 bits per heavy atom. The summed E-state index contributed by atoms with van der Waals surface area (Å²) in [5.74, 6) is 5.88. The summed E-state index contributed by atoms with van der Waals surface area (Å²) in [5, 5.41) is 0. The lowest BCUT2D eigenvalue weighted by molar-refractivity contribution is 0.883. The first kappa shape index (κ1) is 12.8. The molecule has 0 aromatic rings. The molecule has 76 valence electrons. The molecule has 0 heteroatoms. The highest BCUT2D eigenvalue weighted by Gasteiger charge is 1.78. The molecule has 0 aliphatic rings. The molecule has 0 aromatic heterocycles. The molecule has 0 unspecified atom stereocenters. The van der Waals surface area contributed by atoms with E-state index in [1.165, 1.54) is 0 Å². The van der Waals surface area contributed by atoms with Crippen molar-refractivity contribution in [3.8, 4) is 11.8 Å². The molecule has 0 N–H and O–H groups in total. The third-order valence-corrected chi connectivity index (χ3v) is 1.72. The van der Waals surface area contributed by atoms with Gasteiger partial charge in [-0.15, -0.1) is 0 Å². The molecule has 14 heavy (non-hydrogen) atoms. The molecule has 0 amide bonds. The van der Waals surface area contributed by atoms with Gasteiger partial charge in [0.25, 0.3) is 0 Å². The smallest absolute Gasteiger partial charge is 0.00951 e. The number of unbranched alkanes of at least 4 members (excludes halogenated alkanes) is 2. The van der Waals surface area contributed by atoms with Gasteiger partial charge in [-0.2, -0.15) is 0 Å². The van der Waals surface area contributed by atoms with Crippen molar-refractivity contribution in [1.29, 1.82) is 0 Å². The first-order chi connectivity index (χ1) is 6.91. The molecule has 0 heterocycles. The number of hydrogen-bond donors (Lipinski definition) is 0. The summed E-state index contributed by atoms with van der Waals surface area (Å²) >= 11 is 0. The monoisotopic (exact) mass is 188 g/mol. The van der Waals surface area contributed by atoms with Crippen LogP contribution in [-0.4, -0.2) is 0 Å². The van der Waals surface area contributed by atoms with Crippen molar-refractivity contribution >= 4 is 0 Å². The van der Waals surface area contributed by atoms with Crippen molar-refractivity contribution in [1.82, 2.24) is 0 Å². The van der Waals surface area contributed by atoms with Crippen LogP contribution in [0.2, 0.25) is 0 Å². The molecule has 0 aliphatic heterocycles. The topological polar surface area (TPSA) is 0 Å². The second-order valence-electron chi connectivity index (χ2n) is 3.00. The fourth-order valence-corrected chi connectivity index (χ4v) is 1.01. The SMILES string of the molecule is C=CC#CCCC/C=C\C/C=C\CC. The molecule has 0 saturated carbocycles. The molecular formula is C14H20. The first-order valence-corrected chi connectivity index (χ1v) is 5.31. The maximum Gasteiger partial charge on any atom is 0.00951 e. The van der Waals surface area contributed by atoms with Gasteiger partial charge in [0.05, 0.1) is 0 Å². The van der Waals surface area contributed by atoms with Gasteiger partial charge in [-0.1, -0.05) is 49.6 Å². The predicted molar refractivity (Wildman–Crippen MR) is 65.0 cm³/mol. The highest BCUT2D eigenvalue weighted by molar-refractivity contribution is 5.11. The van der Waals surface area contributed by atoms with Crippen molar-refractivity contribution in [2.24, 2.45) is 0 Å². The summed E-state index contributed by atoms with van der Waals surface area (Å²) in [6.07, 6.45) is 15.9. The van der Waals surface area contributed by atoms with Gasteiger partial charge in [0.1, 0.15) is 0 Å². The lowest BCUT2D eigenvalue weighted by Gasteiger charge is -1.87. The van der Waals surface area contributed by atoms with E-state index in [2.05, 4.69) is 49.6 Å². The van der Waals surface area contributed by atoms with Crippen LogP contribution in [0.4, 0.5) is 0 Å². The maximum absolute atomic E-state index is 3.54. The van der Waals surface area contributed by atoms with Gasteiger partial charge in [0, 0.05) is 6.42 Å². The summed E-state index contributed by atoms with van der Waals surface area (Å²) in [6, 6.07) is 0. The van der Waals surface area contributed by atoms with E-state index in [0.717, 1.165) is 32.1 Å². The van der Waals surface area contributed by atoms with Crippen LogP contribution in [0, 0.1) is 11.8 Å². The Labute approximate surface area is 88.4 Å². The summed E-state index contributed by atoms with van der Waals surface area (Å²) in [4.78, 5) is 0. The van der Waals surface area contributed by atoms with Gasteiger partial charge in [-0.3, -0.25) is 0 Å². The molecule has 0 aliphatic carbocycles. The van der Waals surface area contributed by atoms with Crippen LogP contribution < -0.4 is 0 Å². The van der Waals surface area contributed by atoms with Crippen molar-refractivity contribution in [3.63, 3.8) is 0 Å². The highest BCUT2D eigenvalue weighted by Crippen LogP contribution is 1.97. The Hall–Kier alpha value is -1.22. The quantitative estimate of drug-likeness (QED) is 0.332. The molecule has 0 spiro atoms. The molecule has 0 bridgehead atoms. The van der Waals surface area contributed by atoms with E-state index in [4.69, 9.17) is 0 Å². The largest absolute Gasteiger partial charge is 0.0985 e. The summed E-state index contributed by atoms with van der Waals surface area (Å²) in [7, 11) is 0. The van der Waals surface area contributed by atoms with Gasteiger partial charge in [-0.05, 0) is 31.8 Å². The minimum atomic E-state index is 0.973. The lowest BCUT2D eigenvalue weighted by atomic mass is 10.2. The van der Waals surface area contributed by atoms with Crippen molar-refractivity contribution < 1.29 is 0 Å². The van der Waals surface area contributed by atoms with E-state index in [9.17, 15) is 0 Å². The van der Waals surface area contributed by atoms with Gasteiger partial charge in [0.2, 0.25) is 0 Å². The average molecular weight is 188 g/mol. The van der Waals surface area contributed by atoms with Gasteiger partial charge >= 0.3 is 0 Å². The highest BCUT2D eigenvalue weighted by atomic mass is 13.8. The molecule has 0 atom stereocenters. The fraction of sp³-hybridized carbons (Fsp3) is 0.429. The number of rotatable bonds is 6. The minimum Gasteiger partial charge on any atom is -0.0985 e. The van der Waals surface area contributed by atoms with Crippen molar-refractivity contribution in [2.45, 2.75) is 39.0 Å². The standard InChI is InChI=1S/C14H20/c1-3-5-7-9-11-13-14-12-10-8-6-4-2/h3,6,8,12,14H,1,4,9-11,13H2,2H3/b8-6-,14-12-. The van der Waals surface area contributed by atoms with Crippen molar-refractivity contribution in [3.05, 3.63) is 37.0 Å². The Bertz CT molecular complexity index is 232. The maximum atomic E-state index is 3.54. The molecule has 0 rings (SSSR count). The van der Waals surface area contributed by atoms with E-state index in [0.29, 0.717) is 0 Å².